The predicted octanol–water partition coefficient (Wildman–Crippen LogP) is 2.61. The van der Waals surface area contributed by atoms with Gasteiger partial charge in [0.25, 0.3) is 5.91 Å². The first-order chi connectivity index (χ1) is 6.82. The van der Waals surface area contributed by atoms with Gasteiger partial charge in [0.05, 0.1) is 0 Å². The minimum atomic E-state index is -0.221. The Morgan fingerprint density at radius 1 is 1.40 bits per heavy atom. The Balaban J connectivity index is 2.95. The van der Waals surface area contributed by atoms with Crippen LogP contribution in [0.4, 0.5) is 0 Å². The molecule has 3 nitrogen and oxygen atoms in total. The van der Waals surface area contributed by atoms with Crippen LogP contribution in [0.1, 0.15) is 31.3 Å². The molecule has 15 heavy (non-hydrogen) atoms. The maximum atomic E-state index is 11.9. The minimum absolute atomic E-state index is 0.120. The fraction of sp³-hybridized carbons (Fsp3) is 0.455. The molecule has 0 atom stereocenters. The fourth-order valence-electron chi connectivity index (χ4n) is 1.00. The van der Waals surface area contributed by atoms with Crippen LogP contribution >= 0.6 is 11.6 Å². The first-order valence-corrected chi connectivity index (χ1v) is 5.11. The Kier molecular flexibility index (Phi) is 3.35. The third-order valence-electron chi connectivity index (χ3n) is 2.25. The van der Waals surface area contributed by atoms with Crippen molar-refractivity contribution in [1.82, 2.24) is 9.88 Å². The van der Waals surface area contributed by atoms with Gasteiger partial charge in [-0.2, -0.15) is 0 Å². The van der Waals surface area contributed by atoms with Gasteiger partial charge in [-0.05, 0) is 32.9 Å². The van der Waals surface area contributed by atoms with Crippen molar-refractivity contribution in [2.45, 2.75) is 26.3 Å². The lowest BCUT2D eigenvalue weighted by Gasteiger charge is -2.31. The van der Waals surface area contributed by atoms with Crippen molar-refractivity contribution in [2.24, 2.45) is 0 Å². The lowest BCUT2D eigenvalue weighted by Crippen LogP contribution is -2.42. The summed E-state index contributed by atoms with van der Waals surface area (Å²) in [6, 6.07) is 5.03. The molecule has 0 saturated carbocycles. The van der Waals surface area contributed by atoms with E-state index in [9.17, 15) is 4.79 Å². The number of hydrogen-bond donors (Lipinski definition) is 0. The molecule has 82 valence electrons. The number of halogens is 1. The molecule has 0 aliphatic carbocycles. The maximum Gasteiger partial charge on any atom is 0.272 e. The van der Waals surface area contributed by atoms with E-state index in [1.807, 2.05) is 20.8 Å². The fourth-order valence-corrected chi connectivity index (χ4v) is 1.17. The molecule has 1 heterocycles. The van der Waals surface area contributed by atoms with Gasteiger partial charge in [0.1, 0.15) is 10.8 Å². The molecule has 0 bridgehead atoms. The van der Waals surface area contributed by atoms with Gasteiger partial charge in [0.15, 0.2) is 0 Å². The van der Waals surface area contributed by atoms with E-state index in [2.05, 4.69) is 4.98 Å². The molecule has 0 N–H and O–H groups in total. The van der Waals surface area contributed by atoms with Crippen molar-refractivity contribution in [3.05, 3.63) is 29.0 Å². The van der Waals surface area contributed by atoms with Crippen LogP contribution < -0.4 is 0 Å². The Labute approximate surface area is 95.1 Å². The molecule has 0 spiro atoms. The molecule has 0 aliphatic heterocycles. The van der Waals surface area contributed by atoms with Crippen molar-refractivity contribution in [3.63, 3.8) is 0 Å². The summed E-state index contributed by atoms with van der Waals surface area (Å²) < 4.78 is 0. The monoisotopic (exact) mass is 226 g/mol. The first kappa shape index (κ1) is 12.0. The van der Waals surface area contributed by atoms with E-state index in [0.717, 1.165) is 0 Å². The van der Waals surface area contributed by atoms with Crippen LogP contribution in [0.3, 0.4) is 0 Å². The molecule has 0 radical (unpaired) electrons. The molecule has 0 aliphatic rings. The van der Waals surface area contributed by atoms with E-state index in [1.165, 1.54) is 0 Å². The molecule has 1 aromatic rings. The second-order valence-corrected chi connectivity index (χ2v) is 4.77. The topological polar surface area (TPSA) is 33.2 Å². The van der Waals surface area contributed by atoms with E-state index >= 15 is 0 Å². The van der Waals surface area contributed by atoms with Crippen LogP contribution in [0.15, 0.2) is 18.2 Å². The van der Waals surface area contributed by atoms with E-state index in [-0.39, 0.29) is 11.4 Å². The highest BCUT2D eigenvalue weighted by atomic mass is 35.5. The number of rotatable bonds is 1. The smallest absolute Gasteiger partial charge is 0.272 e. The van der Waals surface area contributed by atoms with Crippen LogP contribution in [0.25, 0.3) is 0 Å². The van der Waals surface area contributed by atoms with Gasteiger partial charge < -0.3 is 4.90 Å². The second-order valence-electron chi connectivity index (χ2n) is 4.38. The Morgan fingerprint density at radius 3 is 2.47 bits per heavy atom. The molecule has 1 rings (SSSR count). The number of pyridine rings is 1. The average Bonchev–Trinajstić information content (AvgIpc) is 2.14. The van der Waals surface area contributed by atoms with Gasteiger partial charge in [-0.1, -0.05) is 17.7 Å². The van der Waals surface area contributed by atoms with Crippen molar-refractivity contribution >= 4 is 17.5 Å². The SMILES string of the molecule is CN(C(=O)c1cccc(Cl)n1)C(C)(C)C. The van der Waals surface area contributed by atoms with Crippen molar-refractivity contribution < 1.29 is 4.79 Å². The van der Waals surface area contributed by atoms with Gasteiger partial charge in [-0.15, -0.1) is 0 Å². The zero-order valence-corrected chi connectivity index (χ0v) is 10.2. The van der Waals surface area contributed by atoms with Crippen molar-refractivity contribution in [1.29, 1.82) is 0 Å². The van der Waals surface area contributed by atoms with Crippen LogP contribution in [-0.4, -0.2) is 28.4 Å². The highest BCUT2D eigenvalue weighted by molar-refractivity contribution is 6.29. The molecule has 1 aromatic heterocycles. The first-order valence-electron chi connectivity index (χ1n) is 4.73. The summed E-state index contributed by atoms with van der Waals surface area (Å²) >= 11 is 5.73. The predicted molar refractivity (Wildman–Crippen MR) is 61.1 cm³/mol. The van der Waals surface area contributed by atoms with E-state index in [0.29, 0.717) is 10.8 Å². The zero-order valence-electron chi connectivity index (χ0n) is 9.41. The molecule has 0 fully saturated rings. The largest absolute Gasteiger partial charge is 0.336 e. The molecular weight excluding hydrogens is 212 g/mol. The third kappa shape index (κ3) is 2.93. The summed E-state index contributed by atoms with van der Waals surface area (Å²) in [5.74, 6) is -0.120. The summed E-state index contributed by atoms with van der Waals surface area (Å²) in [7, 11) is 1.75. The molecule has 4 heteroatoms. The van der Waals surface area contributed by atoms with Crippen LogP contribution in [-0.2, 0) is 0 Å². The van der Waals surface area contributed by atoms with Crippen molar-refractivity contribution in [3.8, 4) is 0 Å². The van der Waals surface area contributed by atoms with Gasteiger partial charge >= 0.3 is 0 Å². The lowest BCUT2D eigenvalue weighted by atomic mass is 10.1. The minimum Gasteiger partial charge on any atom is -0.336 e. The normalized spacial score (nSPS) is 11.3. The number of hydrogen-bond acceptors (Lipinski definition) is 2. The summed E-state index contributed by atoms with van der Waals surface area (Å²) in [5, 5.41) is 0.336. The molecule has 1 amide bonds. The van der Waals surface area contributed by atoms with Crippen LogP contribution in [0.2, 0.25) is 5.15 Å². The zero-order chi connectivity index (χ0) is 11.6. The van der Waals surface area contributed by atoms with Gasteiger partial charge in [0.2, 0.25) is 0 Å². The molecular formula is C11H15ClN2O. The highest BCUT2D eigenvalue weighted by Gasteiger charge is 2.24. The van der Waals surface area contributed by atoms with Gasteiger partial charge in [0, 0.05) is 12.6 Å². The highest BCUT2D eigenvalue weighted by Crippen LogP contribution is 2.14. The standard InChI is InChI=1S/C11H15ClN2O/c1-11(2,3)14(4)10(15)8-6-5-7-9(12)13-8/h5-7H,1-4H3. The molecule has 0 unspecified atom stereocenters. The summed E-state index contributed by atoms with van der Waals surface area (Å²) in [6.45, 7) is 5.90. The molecule has 0 aromatic carbocycles. The molecule has 0 saturated heterocycles. The van der Waals surface area contributed by atoms with Gasteiger partial charge in [-0.3, -0.25) is 4.79 Å². The number of carbonyl (C=O) groups excluding carboxylic acids is 1. The van der Waals surface area contributed by atoms with E-state index < -0.39 is 0 Å². The van der Waals surface area contributed by atoms with E-state index in [4.69, 9.17) is 11.6 Å². The summed E-state index contributed by atoms with van der Waals surface area (Å²) in [6.07, 6.45) is 0. The third-order valence-corrected chi connectivity index (χ3v) is 2.46. The Morgan fingerprint density at radius 2 is 2.00 bits per heavy atom. The average molecular weight is 227 g/mol. The second kappa shape index (κ2) is 4.19. The quantitative estimate of drug-likeness (QED) is 0.690. The lowest BCUT2D eigenvalue weighted by molar-refractivity contribution is 0.0649. The van der Waals surface area contributed by atoms with E-state index in [1.54, 1.807) is 30.1 Å². The number of nitrogens with zero attached hydrogens (tertiary/aromatic N) is 2. The summed E-state index contributed by atoms with van der Waals surface area (Å²) in [5.41, 5.74) is 0.154. The van der Waals surface area contributed by atoms with Crippen LogP contribution in [0.5, 0.6) is 0 Å². The number of aromatic nitrogens is 1. The van der Waals surface area contributed by atoms with Gasteiger partial charge in [-0.25, -0.2) is 4.98 Å². The van der Waals surface area contributed by atoms with Crippen molar-refractivity contribution in [2.75, 3.05) is 7.05 Å². The summed E-state index contributed by atoms with van der Waals surface area (Å²) in [4.78, 5) is 17.6. The Hall–Kier alpha value is -1.09. The number of amides is 1. The number of carbonyl (C=O) groups is 1. The maximum absolute atomic E-state index is 11.9. The Bertz CT molecular complexity index is 371. The van der Waals surface area contributed by atoms with Crippen LogP contribution in [0, 0.1) is 0 Å².